The van der Waals surface area contributed by atoms with Crippen LogP contribution in [0, 0.1) is 0 Å². The molecule has 0 unspecified atom stereocenters. The van der Waals surface area contributed by atoms with Crippen LogP contribution in [-0.4, -0.2) is 83.6 Å². The number of piperidine rings is 1. The molecule has 0 N–H and O–H groups in total. The number of thioether (sulfide) groups is 1. The average Bonchev–Trinajstić information content (AvgIpc) is 2.88. The highest BCUT2D eigenvalue weighted by atomic mass is 32.2. The van der Waals surface area contributed by atoms with Gasteiger partial charge in [-0.25, -0.2) is 4.79 Å². The summed E-state index contributed by atoms with van der Waals surface area (Å²) in [6, 6.07) is 12.4. The standard InChI is InChI=1S/C24H31N5O3S/c1-2-32-24(31)29-16-14-28(15-17-29)23(30)18-33-22-11-10-21(25-26-22)19-6-8-20(9-7-19)27-12-4-3-5-13-27/h6-11H,2-5,12-18H2,1H3. The maximum atomic E-state index is 12.5. The summed E-state index contributed by atoms with van der Waals surface area (Å²) in [6.07, 6.45) is 3.54. The summed E-state index contributed by atoms with van der Waals surface area (Å²) in [5, 5.41) is 9.39. The summed E-state index contributed by atoms with van der Waals surface area (Å²) >= 11 is 1.39. The van der Waals surface area contributed by atoms with E-state index in [-0.39, 0.29) is 12.0 Å². The van der Waals surface area contributed by atoms with Gasteiger partial charge in [-0.15, -0.1) is 10.2 Å². The summed E-state index contributed by atoms with van der Waals surface area (Å²) in [5.41, 5.74) is 3.13. The number of ether oxygens (including phenoxy) is 1. The molecule has 0 radical (unpaired) electrons. The SMILES string of the molecule is CCOC(=O)N1CCN(C(=O)CSc2ccc(-c3ccc(N4CCCCC4)cc3)nn2)CC1. The number of hydrogen-bond acceptors (Lipinski definition) is 7. The molecule has 0 aliphatic carbocycles. The van der Waals surface area contributed by atoms with Crippen LogP contribution in [0.25, 0.3) is 11.3 Å². The molecule has 0 saturated carbocycles. The van der Waals surface area contributed by atoms with Gasteiger partial charge in [-0.1, -0.05) is 23.9 Å². The molecule has 8 nitrogen and oxygen atoms in total. The number of carbonyl (C=O) groups excluding carboxylic acids is 2. The Morgan fingerprint density at radius 1 is 0.879 bits per heavy atom. The average molecular weight is 470 g/mol. The van der Waals surface area contributed by atoms with E-state index in [0.29, 0.717) is 38.5 Å². The van der Waals surface area contributed by atoms with Gasteiger partial charge >= 0.3 is 6.09 Å². The lowest BCUT2D eigenvalue weighted by atomic mass is 10.1. The van der Waals surface area contributed by atoms with E-state index >= 15 is 0 Å². The number of amides is 2. The lowest BCUT2D eigenvalue weighted by molar-refractivity contribution is -0.129. The molecule has 4 rings (SSSR count). The normalized spacial score (nSPS) is 16.6. The Labute approximate surface area is 199 Å². The van der Waals surface area contributed by atoms with Gasteiger partial charge in [0, 0.05) is 50.5 Å². The van der Waals surface area contributed by atoms with Crippen molar-refractivity contribution in [1.82, 2.24) is 20.0 Å². The molecule has 2 aliphatic rings. The van der Waals surface area contributed by atoms with Crippen molar-refractivity contribution in [3.05, 3.63) is 36.4 Å². The summed E-state index contributed by atoms with van der Waals surface area (Å²) < 4.78 is 5.02. The number of benzene rings is 1. The Hall–Kier alpha value is -2.81. The number of nitrogens with zero attached hydrogens (tertiary/aromatic N) is 5. The number of carbonyl (C=O) groups is 2. The van der Waals surface area contributed by atoms with Crippen molar-refractivity contribution in [3.8, 4) is 11.3 Å². The van der Waals surface area contributed by atoms with Gasteiger partial charge in [0.15, 0.2) is 0 Å². The van der Waals surface area contributed by atoms with Gasteiger partial charge in [0.05, 0.1) is 18.1 Å². The largest absolute Gasteiger partial charge is 0.450 e. The van der Waals surface area contributed by atoms with Crippen LogP contribution in [0.15, 0.2) is 41.4 Å². The zero-order valence-corrected chi connectivity index (χ0v) is 19.9. The zero-order chi connectivity index (χ0) is 23.0. The van der Waals surface area contributed by atoms with Crippen LogP contribution < -0.4 is 4.90 Å². The van der Waals surface area contributed by atoms with E-state index in [4.69, 9.17) is 4.74 Å². The van der Waals surface area contributed by atoms with E-state index < -0.39 is 0 Å². The lowest BCUT2D eigenvalue weighted by Crippen LogP contribution is -2.51. The monoisotopic (exact) mass is 469 g/mol. The van der Waals surface area contributed by atoms with Crippen LogP contribution in [-0.2, 0) is 9.53 Å². The lowest BCUT2D eigenvalue weighted by Gasteiger charge is -2.34. The molecule has 3 heterocycles. The van der Waals surface area contributed by atoms with Crippen LogP contribution in [0.2, 0.25) is 0 Å². The fourth-order valence-corrected chi connectivity index (χ4v) is 4.84. The van der Waals surface area contributed by atoms with Crippen molar-refractivity contribution < 1.29 is 14.3 Å². The van der Waals surface area contributed by atoms with Crippen LogP contribution in [0.3, 0.4) is 0 Å². The van der Waals surface area contributed by atoms with Gasteiger partial charge in [-0.3, -0.25) is 4.79 Å². The molecule has 2 saturated heterocycles. The number of aromatic nitrogens is 2. The molecule has 2 amide bonds. The number of rotatable bonds is 6. The first-order chi connectivity index (χ1) is 16.1. The molecule has 0 spiro atoms. The third-order valence-electron chi connectivity index (χ3n) is 6.03. The van der Waals surface area contributed by atoms with E-state index in [1.807, 2.05) is 12.1 Å². The van der Waals surface area contributed by atoms with Crippen molar-refractivity contribution in [2.24, 2.45) is 0 Å². The van der Waals surface area contributed by atoms with E-state index in [1.165, 1.54) is 36.7 Å². The van der Waals surface area contributed by atoms with Crippen molar-refractivity contribution in [1.29, 1.82) is 0 Å². The van der Waals surface area contributed by atoms with Gasteiger partial charge in [0.1, 0.15) is 5.03 Å². The van der Waals surface area contributed by atoms with Crippen LogP contribution in [0.4, 0.5) is 10.5 Å². The van der Waals surface area contributed by atoms with E-state index in [0.717, 1.165) is 29.4 Å². The molecule has 1 aromatic carbocycles. The molecule has 0 bridgehead atoms. The van der Waals surface area contributed by atoms with Gasteiger partial charge < -0.3 is 19.4 Å². The molecular formula is C24H31N5O3S. The predicted molar refractivity (Wildman–Crippen MR) is 129 cm³/mol. The highest BCUT2D eigenvalue weighted by Crippen LogP contribution is 2.25. The van der Waals surface area contributed by atoms with Crippen LogP contribution in [0.5, 0.6) is 0 Å². The first-order valence-corrected chi connectivity index (χ1v) is 12.6. The van der Waals surface area contributed by atoms with Gasteiger partial charge in [0.25, 0.3) is 0 Å². The van der Waals surface area contributed by atoms with Crippen molar-refractivity contribution in [2.45, 2.75) is 31.2 Å². The molecular weight excluding hydrogens is 438 g/mol. The van der Waals surface area contributed by atoms with Gasteiger partial charge in [-0.05, 0) is 50.5 Å². The van der Waals surface area contributed by atoms with Crippen molar-refractivity contribution >= 4 is 29.4 Å². The van der Waals surface area contributed by atoms with E-state index in [9.17, 15) is 9.59 Å². The molecule has 1 aromatic heterocycles. The highest BCUT2D eigenvalue weighted by molar-refractivity contribution is 7.99. The van der Waals surface area contributed by atoms with Crippen molar-refractivity contribution in [3.63, 3.8) is 0 Å². The second kappa shape index (κ2) is 11.4. The molecule has 0 atom stereocenters. The van der Waals surface area contributed by atoms with Crippen LogP contribution in [0.1, 0.15) is 26.2 Å². The summed E-state index contributed by atoms with van der Waals surface area (Å²) in [7, 11) is 0. The van der Waals surface area contributed by atoms with Crippen LogP contribution >= 0.6 is 11.8 Å². The minimum atomic E-state index is -0.310. The highest BCUT2D eigenvalue weighted by Gasteiger charge is 2.24. The Balaban J connectivity index is 1.25. The molecule has 33 heavy (non-hydrogen) atoms. The van der Waals surface area contributed by atoms with Gasteiger partial charge in [0.2, 0.25) is 5.91 Å². The first-order valence-electron chi connectivity index (χ1n) is 11.7. The Morgan fingerprint density at radius 3 is 2.21 bits per heavy atom. The second-order valence-corrected chi connectivity index (χ2v) is 9.20. The number of hydrogen-bond donors (Lipinski definition) is 0. The number of piperazine rings is 1. The molecule has 2 aromatic rings. The summed E-state index contributed by atoms with van der Waals surface area (Å²) in [6.45, 7) is 6.46. The fraction of sp³-hybridized carbons (Fsp3) is 0.500. The molecule has 2 fully saturated rings. The summed E-state index contributed by atoms with van der Waals surface area (Å²) in [4.78, 5) is 30.2. The third kappa shape index (κ3) is 6.16. The Bertz CT molecular complexity index is 924. The topological polar surface area (TPSA) is 78.9 Å². The van der Waals surface area contributed by atoms with E-state index in [2.05, 4.69) is 39.4 Å². The summed E-state index contributed by atoms with van der Waals surface area (Å²) in [5.74, 6) is 0.348. The Kier molecular flexibility index (Phi) is 8.04. The number of anilines is 1. The van der Waals surface area contributed by atoms with Gasteiger partial charge in [-0.2, -0.15) is 0 Å². The molecule has 9 heteroatoms. The predicted octanol–water partition coefficient (Wildman–Crippen LogP) is 3.53. The molecule has 176 valence electrons. The van der Waals surface area contributed by atoms with E-state index in [1.54, 1.807) is 16.7 Å². The maximum absolute atomic E-state index is 12.5. The van der Waals surface area contributed by atoms with Crippen molar-refractivity contribution in [2.75, 3.05) is 56.5 Å². The maximum Gasteiger partial charge on any atom is 0.409 e. The quantitative estimate of drug-likeness (QED) is 0.599. The second-order valence-electron chi connectivity index (χ2n) is 8.21. The smallest absolute Gasteiger partial charge is 0.409 e. The first kappa shape index (κ1) is 23.4. The zero-order valence-electron chi connectivity index (χ0n) is 19.1. The Morgan fingerprint density at radius 2 is 1.58 bits per heavy atom. The minimum absolute atomic E-state index is 0.0442. The molecule has 2 aliphatic heterocycles. The minimum Gasteiger partial charge on any atom is -0.450 e. The third-order valence-corrected chi connectivity index (χ3v) is 6.93. The fourth-order valence-electron chi connectivity index (χ4n) is 4.13.